The topological polar surface area (TPSA) is 83.6 Å². The molecule has 1 aliphatic rings. The van der Waals surface area contributed by atoms with Gasteiger partial charge in [0.1, 0.15) is 5.76 Å². The molecule has 1 aromatic rings. The Labute approximate surface area is 74.0 Å². The number of carbonyl (C=O) groups is 1. The van der Waals surface area contributed by atoms with Gasteiger partial charge in [0.15, 0.2) is 12.5 Å². The first-order chi connectivity index (χ1) is 6.17. The standard InChI is InChI=1S/C8H9NO4/c10-6(7(11)12)8(1-2-8)5-3-9-4-13-5/h3-4,6,10H,1-2H2,(H,11,12). The van der Waals surface area contributed by atoms with Crippen LogP contribution in [0.4, 0.5) is 0 Å². The van der Waals surface area contributed by atoms with Gasteiger partial charge in [-0.3, -0.25) is 0 Å². The quantitative estimate of drug-likeness (QED) is 0.696. The highest BCUT2D eigenvalue weighted by Crippen LogP contribution is 2.50. The van der Waals surface area contributed by atoms with Gasteiger partial charge in [0.2, 0.25) is 0 Å². The van der Waals surface area contributed by atoms with Gasteiger partial charge in [0, 0.05) is 0 Å². The maximum absolute atomic E-state index is 10.6. The molecule has 1 heterocycles. The zero-order valence-electron chi connectivity index (χ0n) is 6.80. The Balaban J connectivity index is 2.27. The van der Waals surface area contributed by atoms with E-state index < -0.39 is 17.5 Å². The maximum Gasteiger partial charge on any atom is 0.333 e. The first-order valence-electron chi connectivity index (χ1n) is 3.97. The van der Waals surface area contributed by atoms with Crippen LogP contribution in [0.15, 0.2) is 17.0 Å². The SMILES string of the molecule is O=C(O)C(O)C1(c2cnco2)CC1. The fourth-order valence-corrected chi connectivity index (χ4v) is 1.49. The molecule has 13 heavy (non-hydrogen) atoms. The van der Waals surface area contributed by atoms with Crippen molar-refractivity contribution >= 4 is 5.97 Å². The monoisotopic (exact) mass is 183 g/mol. The molecule has 0 bridgehead atoms. The van der Waals surface area contributed by atoms with Gasteiger partial charge in [-0.05, 0) is 12.8 Å². The number of aliphatic hydroxyl groups is 1. The van der Waals surface area contributed by atoms with E-state index in [0.717, 1.165) is 0 Å². The minimum absolute atomic E-state index is 0.461. The van der Waals surface area contributed by atoms with Crippen molar-refractivity contribution in [3.63, 3.8) is 0 Å². The number of aliphatic carboxylic acids is 1. The average molecular weight is 183 g/mol. The van der Waals surface area contributed by atoms with Crippen molar-refractivity contribution in [1.82, 2.24) is 4.98 Å². The Morgan fingerprint density at radius 2 is 2.38 bits per heavy atom. The lowest BCUT2D eigenvalue weighted by molar-refractivity contribution is -0.148. The molecule has 1 aromatic heterocycles. The summed E-state index contributed by atoms with van der Waals surface area (Å²) in [4.78, 5) is 14.3. The molecule has 70 valence electrons. The maximum atomic E-state index is 10.6. The Morgan fingerprint density at radius 3 is 2.77 bits per heavy atom. The van der Waals surface area contributed by atoms with Gasteiger partial charge in [0.25, 0.3) is 0 Å². The third-order valence-electron chi connectivity index (χ3n) is 2.47. The Bertz CT molecular complexity index is 315. The molecule has 1 saturated carbocycles. The van der Waals surface area contributed by atoms with Crippen molar-refractivity contribution in [2.24, 2.45) is 0 Å². The molecule has 0 aromatic carbocycles. The third kappa shape index (κ3) is 1.12. The van der Waals surface area contributed by atoms with E-state index >= 15 is 0 Å². The molecule has 2 rings (SSSR count). The molecule has 1 atom stereocenters. The highest BCUT2D eigenvalue weighted by atomic mass is 16.4. The van der Waals surface area contributed by atoms with Gasteiger partial charge < -0.3 is 14.6 Å². The third-order valence-corrected chi connectivity index (χ3v) is 2.47. The van der Waals surface area contributed by atoms with Crippen molar-refractivity contribution in [1.29, 1.82) is 0 Å². The number of hydrogen-bond donors (Lipinski definition) is 2. The summed E-state index contributed by atoms with van der Waals surface area (Å²) >= 11 is 0. The number of rotatable bonds is 3. The molecule has 1 unspecified atom stereocenters. The van der Waals surface area contributed by atoms with E-state index in [1.807, 2.05) is 0 Å². The number of nitrogens with zero attached hydrogens (tertiary/aromatic N) is 1. The number of carboxylic acids is 1. The van der Waals surface area contributed by atoms with Crippen LogP contribution in [0.3, 0.4) is 0 Å². The van der Waals surface area contributed by atoms with Crippen LogP contribution in [0.2, 0.25) is 0 Å². The van der Waals surface area contributed by atoms with E-state index in [-0.39, 0.29) is 0 Å². The van der Waals surface area contributed by atoms with Gasteiger partial charge in [-0.2, -0.15) is 0 Å². The number of carboxylic acid groups (broad SMARTS) is 1. The van der Waals surface area contributed by atoms with Crippen LogP contribution in [0.5, 0.6) is 0 Å². The van der Waals surface area contributed by atoms with Gasteiger partial charge in [0.05, 0.1) is 11.6 Å². The number of oxazole rings is 1. The summed E-state index contributed by atoms with van der Waals surface area (Å²) in [5, 5.41) is 18.0. The second-order valence-corrected chi connectivity index (χ2v) is 3.26. The van der Waals surface area contributed by atoms with Crippen molar-refractivity contribution in [2.75, 3.05) is 0 Å². The van der Waals surface area contributed by atoms with E-state index in [1.54, 1.807) is 0 Å². The van der Waals surface area contributed by atoms with Crippen LogP contribution in [-0.4, -0.2) is 27.3 Å². The molecule has 0 amide bonds. The van der Waals surface area contributed by atoms with Crippen LogP contribution in [0.25, 0.3) is 0 Å². The van der Waals surface area contributed by atoms with Crippen molar-refractivity contribution < 1.29 is 19.4 Å². The minimum Gasteiger partial charge on any atom is -0.479 e. The fraction of sp³-hybridized carbons (Fsp3) is 0.500. The van der Waals surface area contributed by atoms with Gasteiger partial charge in [-0.1, -0.05) is 0 Å². The molecule has 1 fully saturated rings. The Kier molecular flexibility index (Phi) is 1.63. The highest BCUT2D eigenvalue weighted by Gasteiger charge is 2.56. The van der Waals surface area contributed by atoms with Crippen molar-refractivity contribution in [3.8, 4) is 0 Å². The second-order valence-electron chi connectivity index (χ2n) is 3.26. The summed E-state index contributed by atoms with van der Waals surface area (Å²) in [5.74, 6) is -0.753. The largest absolute Gasteiger partial charge is 0.479 e. The summed E-state index contributed by atoms with van der Waals surface area (Å²) in [6.45, 7) is 0. The van der Waals surface area contributed by atoms with E-state index in [4.69, 9.17) is 9.52 Å². The molecular formula is C8H9NO4. The van der Waals surface area contributed by atoms with Gasteiger partial charge in [-0.25, -0.2) is 9.78 Å². The lowest BCUT2D eigenvalue weighted by Gasteiger charge is -2.14. The number of aliphatic hydroxyl groups excluding tert-OH is 1. The van der Waals surface area contributed by atoms with Gasteiger partial charge in [-0.15, -0.1) is 0 Å². The first-order valence-corrected chi connectivity index (χ1v) is 3.97. The van der Waals surface area contributed by atoms with Gasteiger partial charge >= 0.3 is 5.97 Å². The summed E-state index contributed by atoms with van der Waals surface area (Å²) < 4.78 is 5.00. The first kappa shape index (κ1) is 8.25. The Hall–Kier alpha value is -1.36. The van der Waals surface area contributed by atoms with E-state index in [1.165, 1.54) is 12.6 Å². The predicted octanol–water partition coefficient (Wildman–Crippen LogP) is 0.152. The minimum atomic E-state index is -1.39. The number of hydrogen-bond acceptors (Lipinski definition) is 4. The molecular weight excluding hydrogens is 174 g/mol. The smallest absolute Gasteiger partial charge is 0.333 e. The zero-order valence-corrected chi connectivity index (χ0v) is 6.80. The summed E-state index contributed by atoms with van der Waals surface area (Å²) in [5.41, 5.74) is -0.720. The zero-order chi connectivity index (χ0) is 9.47. The number of aromatic nitrogens is 1. The molecule has 2 N–H and O–H groups in total. The van der Waals surface area contributed by atoms with E-state index in [2.05, 4.69) is 4.98 Å². The van der Waals surface area contributed by atoms with E-state index in [9.17, 15) is 9.90 Å². The van der Waals surface area contributed by atoms with Crippen LogP contribution in [0, 0.1) is 0 Å². The lowest BCUT2D eigenvalue weighted by atomic mass is 9.97. The molecule has 0 saturated heterocycles. The molecule has 5 heteroatoms. The van der Waals surface area contributed by atoms with Crippen LogP contribution in [0.1, 0.15) is 18.6 Å². The molecule has 5 nitrogen and oxygen atoms in total. The van der Waals surface area contributed by atoms with Crippen LogP contribution < -0.4 is 0 Å². The summed E-state index contributed by atoms with van der Waals surface area (Å²) in [7, 11) is 0. The summed E-state index contributed by atoms with van der Waals surface area (Å²) in [6, 6.07) is 0. The molecule has 0 spiro atoms. The molecule has 0 aliphatic heterocycles. The normalized spacial score (nSPS) is 21.0. The van der Waals surface area contributed by atoms with Crippen LogP contribution >= 0.6 is 0 Å². The van der Waals surface area contributed by atoms with Crippen molar-refractivity contribution in [2.45, 2.75) is 24.4 Å². The Morgan fingerprint density at radius 1 is 1.69 bits per heavy atom. The molecule has 0 radical (unpaired) electrons. The van der Waals surface area contributed by atoms with Crippen LogP contribution in [-0.2, 0) is 10.2 Å². The van der Waals surface area contributed by atoms with Crippen molar-refractivity contribution in [3.05, 3.63) is 18.4 Å². The summed E-state index contributed by atoms with van der Waals surface area (Å²) in [6.07, 6.45) is 2.58. The lowest BCUT2D eigenvalue weighted by Crippen LogP contribution is -2.33. The average Bonchev–Trinajstić information content (AvgIpc) is 2.72. The molecule has 1 aliphatic carbocycles. The second kappa shape index (κ2) is 2.56. The predicted molar refractivity (Wildman–Crippen MR) is 41.1 cm³/mol. The van der Waals surface area contributed by atoms with E-state index in [0.29, 0.717) is 18.6 Å². The highest BCUT2D eigenvalue weighted by molar-refractivity contribution is 5.75. The fourth-order valence-electron chi connectivity index (χ4n) is 1.49.